The van der Waals surface area contributed by atoms with Crippen LogP contribution in [0.5, 0.6) is 5.75 Å². The number of rotatable bonds is 3. The summed E-state index contributed by atoms with van der Waals surface area (Å²) in [6.07, 6.45) is 4.61. The highest BCUT2D eigenvalue weighted by Crippen LogP contribution is 2.25. The van der Waals surface area contributed by atoms with Crippen LogP contribution in [-0.4, -0.2) is 28.0 Å². The number of fused-ring (bicyclic) bond motifs is 1. The van der Waals surface area contributed by atoms with Crippen LogP contribution in [0.4, 0.5) is 5.69 Å². The zero-order valence-electron chi connectivity index (χ0n) is 12.2. The van der Waals surface area contributed by atoms with E-state index < -0.39 is 0 Å². The number of amides is 1. The van der Waals surface area contributed by atoms with Crippen molar-refractivity contribution in [3.05, 3.63) is 54.0 Å². The van der Waals surface area contributed by atoms with Gasteiger partial charge in [0.15, 0.2) is 5.65 Å². The fraction of sp³-hybridized carbons (Fsp3) is 0.125. The molecule has 0 atom stereocenters. The van der Waals surface area contributed by atoms with Crippen molar-refractivity contribution in [3.8, 4) is 5.75 Å². The third kappa shape index (κ3) is 2.71. The van der Waals surface area contributed by atoms with Gasteiger partial charge < -0.3 is 10.1 Å². The Bertz CT molecular complexity index is 848. The van der Waals surface area contributed by atoms with E-state index in [1.807, 2.05) is 25.1 Å². The van der Waals surface area contributed by atoms with Crippen LogP contribution >= 0.6 is 0 Å². The summed E-state index contributed by atoms with van der Waals surface area (Å²) in [6, 6.07) is 7.24. The molecule has 6 nitrogen and oxygen atoms in total. The van der Waals surface area contributed by atoms with Gasteiger partial charge in [-0.25, -0.2) is 9.97 Å². The summed E-state index contributed by atoms with van der Waals surface area (Å²) in [7, 11) is 1.56. The van der Waals surface area contributed by atoms with E-state index in [2.05, 4.69) is 20.3 Å². The Hall–Kier alpha value is -3.02. The second kappa shape index (κ2) is 5.77. The van der Waals surface area contributed by atoms with Gasteiger partial charge in [-0.2, -0.15) is 0 Å². The Kier molecular flexibility index (Phi) is 3.65. The molecule has 1 aromatic carbocycles. The summed E-state index contributed by atoms with van der Waals surface area (Å²) in [4.78, 5) is 24.7. The third-order valence-electron chi connectivity index (χ3n) is 3.19. The van der Waals surface area contributed by atoms with Crippen molar-refractivity contribution < 1.29 is 9.53 Å². The lowest BCUT2D eigenvalue weighted by Gasteiger charge is -2.11. The van der Waals surface area contributed by atoms with E-state index in [9.17, 15) is 4.79 Å². The van der Waals surface area contributed by atoms with E-state index in [4.69, 9.17) is 4.74 Å². The van der Waals surface area contributed by atoms with E-state index in [-0.39, 0.29) is 5.91 Å². The van der Waals surface area contributed by atoms with Crippen molar-refractivity contribution >= 4 is 22.8 Å². The molecule has 0 saturated heterocycles. The topological polar surface area (TPSA) is 77.0 Å². The minimum absolute atomic E-state index is 0.274. The Labute approximate surface area is 127 Å². The molecule has 0 fully saturated rings. The summed E-state index contributed by atoms with van der Waals surface area (Å²) in [5.74, 6) is 0.330. The summed E-state index contributed by atoms with van der Waals surface area (Å²) in [5.41, 5.74) is 3.14. The molecular formula is C16H14N4O2. The second-order valence-electron chi connectivity index (χ2n) is 4.78. The first-order chi connectivity index (χ1) is 10.7. The second-order valence-corrected chi connectivity index (χ2v) is 4.78. The van der Waals surface area contributed by atoms with Crippen molar-refractivity contribution in [2.24, 2.45) is 0 Å². The first-order valence-electron chi connectivity index (χ1n) is 6.70. The van der Waals surface area contributed by atoms with Crippen LogP contribution in [0, 0.1) is 6.92 Å². The molecule has 2 aromatic heterocycles. The van der Waals surface area contributed by atoms with Gasteiger partial charge in [0.25, 0.3) is 5.91 Å². The SMILES string of the molecule is COc1ccc(C)cc1NC(=O)c1cnc2nccnc2c1. The van der Waals surface area contributed by atoms with Gasteiger partial charge in [0.05, 0.1) is 18.4 Å². The number of anilines is 1. The number of benzene rings is 1. The Morgan fingerprint density at radius 2 is 1.95 bits per heavy atom. The lowest BCUT2D eigenvalue weighted by molar-refractivity contribution is 0.102. The summed E-state index contributed by atoms with van der Waals surface area (Å²) in [5, 5.41) is 2.83. The van der Waals surface area contributed by atoms with E-state index in [1.165, 1.54) is 6.20 Å². The first kappa shape index (κ1) is 13.9. The number of carbonyl (C=O) groups is 1. The van der Waals surface area contributed by atoms with Crippen LogP contribution in [0.3, 0.4) is 0 Å². The highest BCUT2D eigenvalue weighted by molar-refractivity contribution is 6.06. The van der Waals surface area contributed by atoms with Crippen LogP contribution in [0.1, 0.15) is 15.9 Å². The predicted molar refractivity (Wildman–Crippen MR) is 83.0 cm³/mol. The van der Waals surface area contributed by atoms with Gasteiger partial charge in [-0.1, -0.05) is 6.07 Å². The molecule has 0 unspecified atom stereocenters. The van der Waals surface area contributed by atoms with Gasteiger partial charge in [0, 0.05) is 18.6 Å². The average Bonchev–Trinajstić information content (AvgIpc) is 2.54. The monoisotopic (exact) mass is 294 g/mol. The molecule has 0 aliphatic heterocycles. The molecule has 0 radical (unpaired) electrons. The number of carbonyl (C=O) groups excluding carboxylic acids is 1. The molecule has 22 heavy (non-hydrogen) atoms. The number of hydrogen-bond acceptors (Lipinski definition) is 5. The molecule has 1 amide bonds. The maximum Gasteiger partial charge on any atom is 0.257 e. The van der Waals surface area contributed by atoms with Crippen molar-refractivity contribution in [1.29, 1.82) is 0 Å². The number of nitrogens with one attached hydrogen (secondary N) is 1. The molecule has 0 aliphatic rings. The molecule has 3 aromatic rings. The fourth-order valence-corrected chi connectivity index (χ4v) is 2.10. The van der Waals surface area contributed by atoms with Gasteiger partial charge in [-0.3, -0.25) is 9.78 Å². The lowest BCUT2D eigenvalue weighted by atomic mass is 10.2. The number of nitrogens with zero attached hydrogens (tertiary/aromatic N) is 3. The van der Waals surface area contributed by atoms with Crippen LogP contribution in [0.25, 0.3) is 11.2 Å². The number of aromatic nitrogens is 3. The minimum atomic E-state index is -0.274. The number of hydrogen-bond donors (Lipinski definition) is 1. The molecule has 6 heteroatoms. The van der Waals surface area contributed by atoms with Crippen molar-refractivity contribution in [2.45, 2.75) is 6.92 Å². The predicted octanol–water partition coefficient (Wildman–Crippen LogP) is 2.59. The zero-order chi connectivity index (χ0) is 15.5. The van der Waals surface area contributed by atoms with Crippen molar-refractivity contribution in [1.82, 2.24) is 15.0 Å². The van der Waals surface area contributed by atoms with Crippen LogP contribution in [0.15, 0.2) is 42.9 Å². The van der Waals surface area contributed by atoms with Gasteiger partial charge in [-0.05, 0) is 30.7 Å². The number of pyridine rings is 1. The first-order valence-corrected chi connectivity index (χ1v) is 6.70. The van der Waals surface area contributed by atoms with Gasteiger partial charge in [0.2, 0.25) is 0 Å². The third-order valence-corrected chi connectivity index (χ3v) is 3.19. The number of methoxy groups -OCH3 is 1. The standard InChI is InChI=1S/C16H14N4O2/c1-10-3-4-14(22-2)12(7-10)20-16(21)11-8-13-15(19-9-11)18-6-5-17-13/h3-9H,1-2H3,(H,20,21). The quantitative estimate of drug-likeness (QED) is 0.803. The molecule has 3 rings (SSSR count). The zero-order valence-corrected chi connectivity index (χ0v) is 12.2. The summed E-state index contributed by atoms with van der Waals surface area (Å²) >= 11 is 0. The molecule has 0 bridgehead atoms. The molecular weight excluding hydrogens is 280 g/mol. The smallest absolute Gasteiger partial charge is 0.257 e. The Balaban J connectivity index is 1.91. The molecule has 0 spiro atoms. The fourth-order valence-electron chi connectivity index (χ4n) is 2.10. The van der Waals surface area contributed by atoms with Gasteiger partial charge in [-0.15, -0.1) is 0 Å². The molecule has 2 heterocycles. The Morgan fingerprint density at radius 1 is 1.14 bits per heavy atom. The summed E-state index contributed by atoms with van der Waals surface area (Å²) in [6.45, 7) is 1.95. The maximum absolute atomic E-state index is 12.4. The van der Waals surface area contributed by atoms with E-state index >= 15 is 0 Å². The summed E-state index contributed by atoms with van der Waals surface area (Å²) < 4.78 is 5.25. The van der Waals surface area contributed by atoms with Gasteiger partial charge in [0.1, 0.15) is 11.3 Å². The van der Waals surface area contributed by atoms with Crippen LogP contribution in [0.2, 0.25) is 0 Å². The average molecular weight is 294 g/mol. The minimum Gasteiger partial charge on any atom is -0.495 e. The Morgan fingerprint density at radius 3 is 2.77 bits per heavy atom. The lowest BCUT2D eigenvalue weighted by Crippen LogP contribution is -2.13. The molecule has 0 aliphatic carbocycles. The molecule has 1 N–H and O–H groups in total. The largest absolute Gasteiger partial charge is 0.495 e. The molecule has 110 valence electrons. The van der Waals surface area contributed by atoms with Crippen LogP contribution in [-0.2, 0) is 0 Å². The van der Waals surface area contributed by atoms with E-state index in [0.29, 0.717) is 28.2 Å². The van der Waals surface area contributed by atoms with Crippen molar-refractivity contribution in [2.75, 3.05) is 12.4 Å². The van der Waals surface area contributed by atoms with Crippen LogP contribution < -0.4 is 10.1 Å². The highest BCUT2D eigenvalue weighted by Gasteiger charge is 2.11. The van der Waals surface area contributed by atoms with Crippen molar-refractivity contribution in [3.63, 3.8) is 0 Å². The number of ether oxygens (including phenoxy) is 1. The highest BCUT2D eigenvalue weighted by atomic mass is 16.5. The van der Waals surface area contributed by atoms with Gasteiger partial charge >= 0.3 is 0 Å². The maximum atomic E-state index is 12.4. The normalized spacial score (nSPS) is 10.5. The number of aryl methyl sites for hydroxylation is 1. The van der Waals surface area contributed by atoms with E-state index in [1.54, 1.807) is 25.6 Å². The molecule has 0 saturated carbocycles. The van der Waals surface area contributed by atoms with E-state index in [0.717, 1.165) is 5.56 Å².